The second kappa shape index (κ2) is 8.37. The number of rotatable bonds is 4. The van der Waals surface area contributed by atoms with Crippen molar-refractivity contribution in [1.82, 2.24) is 4.98 Å². The van der Waals surface area contributed by atoms with Gasteiger partial charge in [-0.3, -0.25) is 9.78 Å². The zero-order valence-electron chi connectivity index (χ0n) is 17.6. The molecule has 1 aliphatic carbocycles. The molecular weight excluding hydrogens is 432 g/mol. The minimum Gasteiger partial charge on any atom is -0.368 e. The van der Waals surface area contributed by atoms with Crippen LogP contribution in [0.5, 0.6) is 0 Å². The van der Waals surface area contributed by atoms with Crippen LogP contribution < -0.4 is 21.3 Å². The first kappa shape index (κ1) is 21.2. The van der Waals surface area contributed by atoms with Crippen LogP contribution in [0.25, 0.3) is 0 Å². The Morgan fingerprint density at radius 2 is 1.97 bits per heavy atom. The molecule has 1 aromatic heterocycles. The van der Waals surface area contributed by atoms with E-state index >= 15 is 0 Å². The number of carbonyl (C=O) groups is 1. The third-order valence-electron chi connectivity index (χ3n) is 6.40. The van der Waals surface area contributed by atoms with Crippen molar-refractivity contribution in [2.24, 2.45) is 11.5 Å². The quantitative estimate of drug-likeness (QED) is 0.732. The van der Waals surface area contributed by atoms with Crippen molar-refractivity contribution >= 4 is 29.0 Å². The average Bonchev–Trinajstić information content (AvgIpc) is 3.40. The lowest BCUT2D eigenvalue weighted by Gasteiger charge is -2.38. The van der Waals surface area contributed by atoms with E-state index in [-0.39, 0.29) is 17.3 Å². The molecule has 2 aliphatic heterocycles. The third-order valence-corrected chi connectivity index (χ3v) is 7.46. The van der Waals surface area contributed by atoms with Gasteiger partial charge in [0.1, 0.15) is 22.7 Å². The van der Waals surface area contributed by atoms with Gasteiger partial charge < -0.3 is 21.3 Å². The maximum atomic E-state index is 14.8. The molecule has 2 unspecified atom stereocenters. The van der Waals surface area contributed by atoms with Crippen LogP contribution >= 0.6 is 11.8 Å². The number of thioether (sulfide) groups is 1. The van der Waals surface area contributed by atoms with Gasteiger partial charge in [0.25, 0.3) is 5.91 Å². The van der Waals surface area contributed by atoms with Crippen molar-refractivity contribution in [3.05, 3.63) is 64.0 Å². The van der Waals surface area contributed by atoms with E-state index in [4.69, 9.17) is 11.5 Å². The van der Waals surface area contributed by atoms with Crippen molar-refractivity contribution in [2.75, 3.05) is 22.9 Å². The predicted octanol–water partition coefficient (Wildman–Crippen LogP) is 3.35. The molecular formula is C23H25F2N5OS. The summed E-state index contributed by atoms with van der Waals surface area (Å²) in [5.74, 6) is -1.98. The van der Waals surface area contributed by atoms with Crippen molar-refractivity contribution in [3.63, 3.8) is 0 Å². The number of fused-ring (bicyclic) bond motifs is 1. The number of carbonyl (C=O) groups excluding carboxylic acids is 1. The molecule has 0 spiro atoms. The third kappa shape index (κ3) is 3.53. The topological polar surface area (TPSA) is 88.5 Å². The summed E-state index contributed by atoms with van der Waals surface area (Å²) in [7, 11) is 0. The number of aromatic nitrogens is 1. The van der Waals surface area contributed by atoms with Crippen LogP contribution in [-0.4, -0.2) is 30.0 Å². The second-order valence-electron chi connectivity index (χ2n) is 8.48. The van der Waals surface area contributed by atoms with Gasteiger partial charge in [-0.25, -0.2) is 8.78 Å². The van der Waals surface area contributed by atoms with Gasteiger partial charge in [0.2, 0.25) is 0 Å². The number of pyridine rings is 1. The van der Waals surface area contributed by atoms with E-state index in [1.165, 1.54) is 18.2 Å². The van der Waals surface area contributed by atoms with Crippen molar-refractivity contribution < 1.29 is 13.6 Å². The van der Waals surface area contributed by atoms with Gasteiger partial charge in [0.15, 0.2) is 0 Å². The predicted molar refractivity (Wildman–Crippen MR) is 122 cm³/mol. The summed E-state index contributed by atoms with van der Waals surface area (Å²) >= 11 is 1.16. The Morgan fingerprint density at radius 1 is 1.19 bits per heavy atom. The summed E-state index contributed by atoms with van der Waals surface area (Å²) in [6.07, 6.45) is 6.38. The summed E-state index contributed by atoms with van der Waals surface area (Å²) < 4.78 is 29.6. The van der Waals surface area contributed by atoms with Crippen molar-refractivity contribution in [1.29, 1.82) is 0 Å². The number of nitrogens with two attached hydrogens (primary N) is 2. The van der Waals surface area contributed by atoms with Gasteiger partial charge in [-0.15, -0.1) is 11.8 Å². The Balaban J connectivity index is 1.69. The standard InChI is InChI=1S/C23H25F2N5OS/c24-15-6-2-7-16(25)20(15)23-30(19(12-32-23)22(27)31)18-10-28-17-8-1-5-14(17)21(18)29-9-3-4-13(26)11-29/h2,6-7,10,12-13,23H,1,3-5,8-9,11,26H2,(H2,27,31). The maximum absolute atomic E-state index is 14.8. The summed E-state index contributed by atoms with van der Waals surface area (Å²) in [6.45, 7) is 1.51. The summed E-state index contributed by atoms with van der Waals surface area (Å²) in [5, 5.41) is 0.773. The van der Waals surface area contributed by atoms with Crippen LogP contribution in [-0.2, 0) is 17.6 Å². The van der Waals surface area contributed by atoms with Crippen LogP contribution in [0.2, 0.25) is 0 Å². The Morgan fingerprint density at radius 3 is 2.69 bits per heavy atom. The summed E-state index contributed by atoms with van der Waals surface area (Å²) in [6, 6.07) is 3.83. The Labute approximate surface area is 189 Å². The second-order valence-corrected chi connectivity index (χ2v) is 9.43. The minimum atomic E-state index is -0.808. The first-order valence-corrected chi connectivity index (χ1v) is 11.8. The molecule has 9 heteroatoms. The monoisotopic (exact) mass is 457 g/mol. The zero-order chi connectivity index (χ0) is 22.4. The van der Waals surface area contributed by atoms with E-state index in [0.717, 1.165) is 67.4 Å². The van der Waals surface area contributed by atoms with Crippen molar-refractivity contribution in [2.45, 2.75) is 43.5 Å². The molecule has 0 bridgehead atoms. The average molecular weight is 458 g/mol. The minimum absolute atomic E-state index is 0.0423. The van der Waals surface area contributed by atoms with Crippen LogP contribution in [0.4, 0.5) is 20.2 Å². The molecule has 2 aromatic rings. The molecule has 5 rings (SSSR count). The smallest absolute Gasteiger partial charge is 0.265 e. The first-order valence-electron chi connectivity index (χ1n) is 10.9. The highest BCUT2D eigenvalue weighted by molar-refractivity contribution is 8.02. The number of halogens is 2. The number of aryl methyl sites for hydroxylation is 1. The normalized spacial score (nSPS) is 22.8. The molecule has 32 heavy (non-hydrogen) atoms. The number of anilines is 2. The van der Waals surface area contributed by atoms with Crippen molar-refractivity contribution in [3.8, 4) is 0 Å². The fourth-order valence-electron chi connectivity index (χ4n) is 4.97. The lowest BCUT2D eigenvalue weighted by Crippen LogP contribution is -2.44. The number of benzene rings is 1. The number of amides is 1. The van der Waals surface area contributed by atoms with Crippen LogP contribution in [0.15, 0.2) is 35.5 Å². The highest BCUT2D eigenvalue weighted by Gasteiger charge is 2.39. The lowest BCUT2D eigenvalue weighted by atomic mass is 10.0. The molecule has 1 fully saturated rings. The number of primary amides is 1. The van der Waals surface area contributed by atoms with E-state index in [0.29, 0.717) is 12.2 Å². The molecule has 3 aliphatic rings. The summed E-state index contributed by atoms with van der Waals surface area (Å²) in [5.41, 5.74) is 15.8. The molecule has 1 amide bonds. The van der Waals surface area contributed by atoms with Gasteiger partial charge >= 0.3 is 0 Å². The first-order chi connectivity index (χ1) is 15.5. The molecule has 4 N–H and O–H groups in total. The van der Waals surface area contributed by atoms with Crippen LogP contribution in [0.1, 0.15) is 41.5 Å². The maximum Gasteiger partial charge on any atom is 0.265 e. The molecule has 168 valence electrons. The highest BCUT2D eigenvalue weighted by Crippen LogP contribution is 2.51. The number of hydrogen-bond acceptors (Lipinski definition) is 6. The highest BCUT2D eigenvalue weighted by atomic mass is 32.2. The van der Waals surface area contributed by atoms with Crippen LogP contribution in [0, 0.1) is 11.6 Å². The molecule has 0 saturated carbocycles. The Kier molecular flexibility index (Phi) is 5.54. The van der Waals surface area contributed by atoms with E-state index in [2.05, 4.69) is 9.88 Å². The summed E-state index contributed by atoms with van der Waals surface area (Å²) in [4.78, 5) is 20.9. The number of hydrogen-bond donors (Lipinski definition) is 2. The molecule has 0 radical (unpaired) electrons. The number of piperidine rings is 1. The molecule has 3 heterocycles. The van der Waals surface area contributed by atoms with Gasteiger partial charge in [-0.2, -0.15) is 0 Å². The molecule has 6 nitrogen and oxygen atoms in total. The van der Waals surface area contributed by atoms with E-state index in [1.807, 2.05) is 0 Å². The fraction of sp³-hybridized carbons (Fsp3) is 0.391. The van der Waals surface area contributed by atoms with Gasteiger partial charge in [0, 0.05) is 30.2 Å². The zero-order valence-corrected chi connectivity index (χ0v) is 18.4. The van der Waals surface area contributed by atoms with E-state index in [1.54, 1.807) is 16.5 Å². The SMILES string of the molecule is NC(=O)C1=CSC(c2c(F)cccc2F)N1c1cnc2c(c1N1CCCC(N)C1)CCC2. The van der Waals surface area contributed by atoms with Gasteiger partial charge in [-0.1, -0.05) is 6.07 Å². The van der Waals surface area contributed by atoms with Gasteiger partial charge in [0.05, 0.1) is 23.1 Å². The lowest BCUT2D eigenvalue weighted by molar-refractivity contribution is -0.114. The van der Waals surface area contributed by atoms with E-state index < -0.39 is 22.9 Å². The largest absolute Gasteiger partial charge is 0.368 e. The Hall–Kier alpha value is -2.65. The fourth-order valence-corrected chi connectivity index (χ4v) is 6.17. The molecule has 1 saturated heterocycles. The van der Waals surface area contributed by atoms with Gasteiger partial charge in [-0.05, 0) is 49.8 Å². The van der Waals surface area contributed by atoms with E-state index in [9.17, 15) is 13.6 Å². The Bertz CT molecular complexity index is 1090. The molecule has 2 atom stereocenters. The number of nitrogens with zero attached hydrogens (tertiary/aromatic N) is 3. The molecule has 1 aromatic carbocycles. The van der Waals surface area contributed by atoms with Crippen LogP contribution in [0.3, 0.4) is 0 Å².